The molecule has 0 saturated heterocycles. The third-order valence-electron chi connectivity index (χ3n) is 11.5. The van der Waals surface area contributed by atoms with Gasteiger partial charge in [0.05, 0.1) is 46.5 Å². The number of carboxylic acids is 1. The summed E-state index contributed by atoms with van der Waals surface area (Å²) in [7, 11) is -12.6. The van der Waals surface area contributed by atoms with Gasteiger partial charge in [-0.1, -0.05) is 18.2 Å². The highest BCUT2D eigenvalue weighted by atomic mass is 32.2. The molecule has 0 aliphatic carbocycles. The maximum absolute atomic E-state index is 13.2. The zero-order valence-electron chi connectivity index (χ0n) is 37.2. The van der Waals surface area contributed by atoms with Crippen LogP contribution in [0.15, 0.2) is 82.3 Å². The number of nitrogens with one attached hydrogen (secondary N) is 2. The van der Waals surface area contributed by atoms with Crippen LogP contribution in [0.3, 0.4) is 0 Å². The van der Waals surface area contributed by atoms with Gasteiger partial charge in [-0.05, 0) is 81.5 Å². The number of hydrogen-bond donors (Lipinski definition) is 5. The molecular weight excluding hydrogens is 929 g/mol. The Balaban J connectivity index is 1.84. The number of sulfonamides is 2. The molecule has 0 spiro atoms. The summed E-state index contributed by atoms with van der Waals surface area (Å²) in [6.07, 6.45) is 10.1. The van der Waals surface area contributed by atoms with Crippen LogP contribution in [-0.4, -0.2) is 143 Å². The van der Waals surface area contributed by atoms with Crippen molar-refractivity contribution in [2.45, 2.75) is 73.0 Å². The number of hydrogen-bond acceptors (Lipinski definition) is 13. The van der Waals surface area contributed by atoms with E-state index in [4.69, 9.17) is 14.2 Å². The molecule has 5 N–H and O–H groups in total. The number of benzene rings is 2. The number of carbonyl (C=O) groups is 1. The fourth-order valence-electron chi connectivity index (χ4n) is 8.07. The fraction of sp³-hybridized carbons (Fsp3) is 0.524. The van der Waals surface area contributed by atoms with Gasteiger partial charge in [0.15, 0.2) is 5.71 Å². The molecule has 0 amide bonds. The highest BCUT2D eigenvalue weighted by molar-refractivity contribution is 7.89. The highest BCUT2D eigenvalue weighted by Gasteiger charge is 2.49. The summed E-state index contributed by atoms with van der Waals surface area (Å²) in [4.78, 5) is 12.4. The van der Waals surface area contributed by atoms with Crippen LogP contribution < -0.4 is 14.3 Å². The van der Waals surface area contributed by atoms with E-state index in [0.717, 1.165) is 0 Å². The van der Waals surface area contributed by atoms with E-state index >= 15 is 0 Å². The normalized spacial score (nSPS) is 19.9. The summed E-state index contributed by atoms with van der Waals surface area (Å²) in [6.45, 7) is 4.85. The van der Waals surface area contributed by atoms with E-state index in [-0.39, 0.29) is 73.5 Å². The molecule has 0 saturated carbocycles. The Morgan fingerprint density at radius 1 is 0.723 bits per heavy atom. The SMILES string of the molecule is COCCNS(=O)(=O)CCC1(C)C(=CC=CC=CC2=[N+](CCCCCC(=O)O)c3ccc(S(=O)(=O)O)cc3C2(C)CCS(=O)(=O)NCCOC)N(CCOC)c2ccc(S(=O)(=O)O)cc21. The highest BCUT2D eigenvalue weighted by Crippen LogP contribution is 2.51. The summed E-state index contributed by atoms with van der Waals surface area (Å²) in [5.74, 6) is -1.63. The minimum absolute atomic E-state index is 0.000978. The predicted molar refractivity (Wildman–Crippen MR) is 245 cm³/mol. The molecule has 2 heterocycles. The minimum atomic E-state index is -4.66. The van der Waals surface area contributed by atoms with Crippen molar-refractivity contribution in [3.05, 3.63) is 83.6 Å². The number of rotatable bonds is 28. The minimum Gasteiger partial charge on any atom is -0.481 e. The maximum Gasteiger partial charge on any atom is 0.303 e. The van der Waals surface area contributed by atoms with E-state index in [1.54, 1.807) is 56.4 Å². The van der Waals surface area contributed by atoms with Gasteiger partial charge in [-0.2, -0.15) is 21.4 Å². The standard InChI is InChI=1S/C42H60N4O15S4/c1-41(19-28-62(49,50)43-21-25-59-3)34-30-32(64(53,54)55)15-17-36(34)45(23-11-7-10-14-40(47)48)38(41)12-8-6-9-13-39-42(2,20-29-63(51,52)44-22-26-60-4)35-31-33(65(56,57)58)16-18-37(35)46(39)24-27-61-5/h6,8-9,12-13,15-18,30-31,43-44H,7,10-11,14,19-29H2,1-5H3,(H2-,47,48,53,54,55,56,57,58)/p+1. The van der Waals surface area contributed by atoms with Crippen LogP contribution in [0.5, 0.6) is 0 Å². The van der Waals surface area contributed by atoms with Crippen LogP contribution >= 0.6 is 0 Å². The fourth-order valence-corrected chi connectivity index (χ4v) is 11.5. The molecule has 362 valence electrons. The van der Waals surface area contributed by atoms with Crippen molar-refractivity contribution < 1.29 is 71.5 Å². The van der Waals surface area contributed by atoms with Crippen LogP contribution in [-0.2, 0) is 70.1 Å². The molecule has 0 bridgehead atoms. The second-order valence-electron chi connectivity index (χ2n) is 16.1. The van der Waals surface area contributed by atoms with Crippen LogP contribution in [0.4, 0.5) is 11.4 Å². The van der Waals surface area contributed by atoms with Crippen molar-refractivity contribution in [3.63, 3.8) is 0 Å². The predicted octanol–water partition coefficient (Wildman–Crippen LogP) is 3.51. The Bertz CT molecular complexity index is 2610. The Morgan fingerprint density at radius 2 is 1.28 bits per heavy atom. The molecule has 2 aromatic rings. The molecular formula is C42H61N4O15S4+. The van der Waals surface area contributed by atoms with Crippen LogP contribution in [0, 0.1) is 0 Å². The Hall–Kier alpha value is -3.88. The molecule has 65 heavy (non-hydrogen) atoms. The first-order valence-corrected chi connectivity index (χ1v) is 27.0. The molecule has 19 nitrogen and oxygen atoms in total. The lowest BCUT2D eigenvalue weighted by Gasteiger charge is -2.30. The van der Waals surface area contributed by atoms with E-state index in [2.05, 4.69) is 9.44 Å². The molecule has 2 atom stereocenters. The summed E-state index contributed by atoms with van der Waals surface area (Å²) in [6, 6.07) is 8.31. The van der Waals surface area contributed by atoms with E-state index in [9.17, 15) is 52.7 Å². The van der Waals surface area contributed by atoms with Crippen LogP contribution in [0.1, 0.15) is 63.5 Å². The van der Waals surface area contributed by atoms with Gasteiger partial charge >= 0.3 is 5.97 Å². The van der Waals surface area contributed by atoms with E-state index in [1.165, 1.54) is 45.6 Å². The van der Waals surface area contributed by atoms with Gasteiger partial charge in [0.25, 0.3) is 20.2 Å². The van der Waals surface area contributed by atoms with Gasteiger partial charge in [0.2, 0.25) is 25.7 Å². The number of allylic oxidation sites excluding steroid dienone is 6. The first-order chi connectivity index (χ1) is 30.4. The zero-order valence-corrected chi connectivity index (χ0v) is 40.5. The number of methoxy groups -OCH3 is 3. The van der Waals surface area contributed by atoms with Gasteiger partial charge in [0, 0.05) is 88.3 Å². The first-order valence-electron chi connectivity index (χ1n) is 20.8. The van der Waals surface area contributed by atoms with Gasteiger partial charge in [-0.3, -0.25) is 13.9 Å². The summed E-state index contributed by atoms with van der Waals surface area (Å²) in [5.41, 5.74) is 1.05. The topological polar surface area (TPSA) is 272 Å². The number of aliphatic carboxylic acids is 1. The molecule has 0 aromatic heterocycles. The van der Waals surface area contributed by atoms with E-state index in [1.807, 2.05) is 9.48 Å². The number of unbranched alkanes of at least 4 members (excludes halogenated alkanes) is 2. The second kappa shape index (κ2) is 22.7. The van der Waals surface area contributed by atoms with Crippen molar-refractivity contribution in [1.29, 1.82) is 0 Å². The molecule has 23 heteroatoms. The molecule has 2 aliphatic rings. The zero-order chi connectivity index (χ0) is 48.3. The summed E-state index contributed by atoms with van der Waals surface area (Å²) >= 11 is 0. The van der Waals surface area contributed by atoms with Crippen LogP contribution in [0.2, 0.25) is 0 Å². The first kappa shape index (κ1) is 53.7. The Labute approximate surface area is 382 Å². The molecule has 2 unspecified atom stereocenters. The van der Waals surface area contributed by atoms with Gasteiger partial charge in [-0.25, -0.2) is 26.3 Å². The third-order valence-corrected chi connectivity index (χ3v) is 16.0. The van der Waals surface area contributed by atoms with Gasteiger partial charge in [-0.15, -0.1) is 0 Å². The second-order valence-corrected chi connectivity index (χ2v) is 22.8. The Kier molecular flexibility index (Phi) is 18.8. The molecule has 0 fully saturated rings. The van der Waals surface area contributed by atoms with Crippen LogP contribution in [0.25, 0.3) is 0 Å². The molecule has 0 radical (unpaired) electrons. The number of fused-ring (bicyclic) bond motifs is 2. The van der Waals surface area contributed by atoms with Crippen molar-refractivity contribution in [3.8, 4) is 0 Å². The van der Waals surface area contributed by atoms with E-state index < -0.39 is 57.1 Å². The summed E-state index contributed by atoms with van der Waals surface area (Å²) < 4.78 is 144. The van der Waals surface area contributed by atoms with Gasteiger partial charge in [0.1, 0.15) is 6.54 Å². The number of ether oxygens (including phenoxy) is 3. The van der Waals surface area contributed by atoms with Gasteiger partial charge < -0.3 is 24.2 Å². The third kappa shape index (κ3) is 14.1. The largest absolute Gasteiger partial charge is 0.481 e. The molecule has 2 aromatic carbocycles. The lowest BCUT2D eigenvalue weighted by molar-refractivity contribution is -0.438. The monoisotopic (exact) mass is 989 g/mol. The lowest BCUT2D eigenvalue weighted by atomic mass is 9.77. The average molecular weight is 990 g/mol. The van der Waals surface area contributed by atoms with Crippen molar-refractivity contribution in [1.82, 2.24) is 9.44 Å². The lowest BCUT2D eigenvalue weighted by Crippen LogP contribution is -2.37. The average Bonchev–Trinajstić information content (AvgIpc) is 3.60. The number of nitrogens with zero attached hydrogens (tertiary/aromatic N) is 2. The van der Waals surface area contributed by atoms with E-state index in [0.29, 0.717) is 66.3 Å². The van der Waals surface area contributed by atoms with Crippen molar-refractivity contribution >= 4 is 63.3 Å². The van der Waals surface area contributed by atoms with Crippen molar-refractivity contribution in [2.75, 3.05) is 83.7 Å². The van der Waals surface area contributed by atoms with Crippen molar-refractivity contribution in [2.24, 2.45) is 0 Å². The molecule has 2 aliphatic heterocycles. The smallest absolute Gasteiger partial charge is 0.303 e. The quantitative estimate of drug-likeness (QED) is 0.0353. The summed E-state index contributed by atoms with van der Waals surface area (Å²) in [5, 5.41) is 9.19. The molecule has 4 rings (SSSR count). The number of anilines is 1. The number of carboxylic acid groups (broad SMARTS) is 1. The Morgan fingerprint density at radius 3 is 1.83 bits per heavy atom. The maximum atomic E-state index is 13.2.